The van der Waals surface area contributed by atoms with E-state index in [1.807, 2.05) is 42.5 Å². The molecule has 3 heterocycles. The van der Waals surface area contributed by atoms with Gasteiger partial charge in [0.1, 0.15) is 11.5 Å². The lowest BCUT2D eigenvalue weighted by Gasteiger charge is -2.25. The van der Waals surface area contributed by atoms with E-state index in [4.69, 9.17) is 4.74 Å². The summed E-state index contributed by atoms with van der Waals surface area (Å²) in [6, 6.07) is 15.1. The number of hydrogen-bond acceptors (Lipinski definition) is 6. The topological polar surface area (TPSA) is 96.5 Å². The number of Topliss-reactive ketones (excluding diaryl/α,β-unsaturated/α-hetero) is 1. The van der Waals surface area contributed by atoms with Gasteiger partial charge in [-0.3, -0.25) is 14.7 Å². The molecule has 1 fully saturated rings. The average Bonchev–Trinajstić information content (AvgIpc) is 2.94. The number of carbonyl (C=O) groups is 2. The molecule has 1 aliphatic heterocycles. The molecule has 0 spiro atoms. The first-order valence-corrected chi connectivity index (χ1v) is 12.6. The van der Waals surface area contributed by atoms with E-state index in [9.17, 15) is 22.8 Å². The number of benzene rings is 2. The standard InChI is InChI=1S/C29H26F3N5O3/c1-40-27-26(14-19(16-34-27)29(30,31)32)36-28(39)35-25-9-8-22(23-4-2-3-5-24(23)25)18-6-7-20(33-15-18)17-37-12-10-21(38)11-13-37/h2-9,14-16H,10-13,17H2,1H3,(H2,35,36,39). The van der Waals surface area contributed by atoms with Gasteiger partial charge in [-0.2, -0.15) is 13.2 Å². The van der Waals surface area contributed by atoms with Crippen LogP contribution in [0.4, 0.5) is 29.3 Å². The lowest BCUT2D eigenvalue weighted by molar-refractivity contribution is -0.137. The zero-order valence-electron chi connectivity index (χ0n) is 21.6. The van der Waals surface area contributed by atoms with Gasteiger partial charge in [0.05, 0.1) is 24.1 Å². The number of carbonyl (C=O) groups excluding carboxylic acids is 2. The molecule has 0 saturated carbocycles. The van der Waals surface area contributed by atoms with Crippen molar-refractivity contribution in [2.75, 3.05) is 30.8 Å². The number of hydrogen-bond donors (Lipinski definition) is 2. The monoisotopic (exact) mass is 549 g/mol. The van der Waals surface area contributed by atoms with Gasteiger partial charge in [-0.25, -0.2) is 9.78 Å². The third-order valence-electron chi connectivity index (χ3n) is 6.73. The maximum Gasteiger partial charge on any atom is 0.417 e. The van der Waals surface area contributed by atoms with Crippen LogP contribution in [0.5, 0.6) is 5.88 Å². The Morgan fingerprint density at radius 3 is 2.35 bits per heavy atom. The first kappa shape index (κ1) is 27.1. The van der Waals surface area contributed by atoms with Crippen molar-refractivity contribution in [2.45, 2.75) is 25.6 Å². The van der Waals surface area contributed by atoms with Gasteiger partial charge in [0.15, 0.2) is 0 Å². The van der Waals surface area contributed by atoms with E-state index in [1.165, 1.54) is 7.11 Å². The third-order valence-corrected chi connectivity index (χ3v) is 6.73. The average molecular weight is 550 g/mol. The van der Waals surface area contributed by atoms with Crippen molar-refractivity contribution in [3.05, 3.63) is 78.2 Å². The van der Waals surface area contributed by atoms with E-state index in [-0.39, 0.29) is 11.6 Å². The molecule has 2 aromatic carbocycles. The fourth-order valence-electron chi connectivity index (χ4n) is 4.66. The zero-order chi connectivity index (χ0) is 28.3. The van der Waals surface area contributed by atoms with E-state index in [0.717, 1.165) is 46.7 Å². The van der Waals surface area contributed by atoms with Crippen LogP contribution in [0.2, 0.25) is 0 Å². The third kappa shape index (κ3) is 6.04. The van der Waals surface area contributed by atoms with Crippen molar-refractivity contribution in [2.24, 2.45) is 0 Å². The van der Waals surface area contributed by atoms with Gasteiger partial charge >= 0.3 is 12.2 Å². The number of nitrogens with zero attached hydrogens (tertiary/aromatic N) is 3. The first-order chi connectivity index (χ1) is 19.2. The minimum atomic E-state index is -4.63. The second-order valence-corrected chi connectivity index (χ2v) is 9.42. The zero-order valence-corrected chi connectivity index (χ0v) is 21.6. The summed E-state index contributed by atoms with van der Waals surface area (Å²) in [4.78, 5) is 34.8. The van der Waals surface area contributed by atoms with Crippen LogP contribution in [0, 0.1) is 0 Å². The Kier molecular flexibility index (Phi) is 7.65. The molecular formula is C29H26F3N5O3. The minimum Gasteiger partial charge on any atom is -0.480 e. The molecule has 0 radical (unpaired) electrons. The summed E-state index contributed by atoms with van der Waals surface area (Å²) in [5.41, 5.74) is 1.97. The van der Waals surface area contributed by atoms with Crippen LogP contribution in [0.1, 0.15) is 24.1 Å². The molecule has 1 aliphatic rings. The SMILES string of the molecule is COc1ncc(C(F)(F)F)cc1NC(=O)Nc1ccc(-c2ccc(CN3CCC(=O)CC3)nc2)c2ccccc12. The van der Waals surface area contributed by atoms with E-state index in [1.54, 1.807) is 12.3 Å². The summed E-state index contributed by atoms with van der Waals surface area (Å²) in [7, 11) is 1.25. The number of pyridine rings is 2. The van der Waals surface area contributed by atoms with Crippen molar-refractivity contribution in [1.29, 1.82) is 0 Å². The number of nitrogens with one attached hydrogen (secondary N) is 2. The molecule has 2 N–H and O–H groups in total. The Morgan fingerprint density at radius 2 is 1.68 bits per heavy atom. The largest absolute Gasteiger partial charge is 0.480 e. The number of piperidine rings is 1. The number of halogens is 3. The fraction of sp³-hybridized carbons (Fsp3) is 0.241. The maximum atomic E-state index is 13.2. The predicted octanol–water partition coefficient (Wildman–Crippen LogP) is 6.13. The lowest BCUT2D eigenvalue weighted by Crippen LogP contribution is -2.33. The number of likely N-dealkylation sites (tertiary alicyclic amines) is 1. The highest BCUT2D eigenvalue weighted by atomic mass is 19.4. The number of rotatable bonds is 6. The molecule has 4 aromatic rings. The van der Waals surface area contributed by atoms with Crippen molar-refractivity contribution in [3.63, 3.8) is 0 Å². The van der Waals surface area contributed by atoms with Crippen LogP contribution in [0.25, 0.3) is 21.9 Å². The minimum absolute atomic E-state index is 0.145. The number of amides is 2. The van der Waals surface area contributed by atoms with Gasteiger partial charge in [-0.15, -0.1) is 0 Å². The number of ether oxygens (including phenoxy) is 1. The molecule has 1 saturated heterocycles. The van der Waals surface area contributed by atoms with Crippen LogP contribution in [0.15, 0.2) is 67.0 Å². The van der Waals surface area contributed by atoms with E-state index in [0.29, 0.717) is 37.1 Å². The summed E-state index contributed by atoms with van der Waals surface area (Å²) in [5, 5.41) is 6.73. The van der Waals surface area contributed by atoms with Gasteiger partial charge < -0.3 is 15.4 Å². The predicted molar refractivity (Wildman–Crippen MR) is 145 cm³/mol. The molecule has 2 amide bonds. The van der Waals surface area contributed by atoms with Gasteiger partial charge in [0, 0.05) is 55.8 Å². The Hall–Kier alpha value is -4.51. The highest BCUT2D eigenvalue weighted by molar-refractivity contribution is 6.10. The van der Waals surface area contributed by atoms with Crippen LogP contribution in [-0.4, -0.2) is 46.9 Å². The quantitative estimate of drug-likeness (QED) is 0.300. The normalized spacial score (nSPS) is 14.2. The Bertz CT molecular complexity index is 1550. The molecule has 206 valence electrons. The highest BCUT2D eigenvalue weighted by Crippen LogP contribution is 2.35. The fourth-order valence-corrected chi connectivity index (χ4v) is 4.66. The second-order valence-electron chi connectivity index (χ2n) is 9.42. The molecule has 5 rings (SSSR count). The summed E-state index contributed by atoms with van der Waals surface area (Å²) in [6.07, 6.45) is -1.02. The summed E-state index contributed by atoms with van der Waals surface area (Å²) in [5.74, 6) is 0.155. The van der Waals surface area contributed by atoms with E-state index < -0.39 is 17.8 Å². The number of urea groups is 1. The number of anilines is 2. The molecule has 0 aliphatic carbocycles. The maximum absolute atomic E-state index is 13.2. The summed E-state index contributed by atoms with van der Waals surface area (Å²) < 4.78 is 44.5. The molecule has 0 atom stereocenters. The molecule has 2 aromatic heterocycles. The summed E-state index contributed by atoms with van der Waals surface area (Å²) in [6.45, 7) is 2.16. The van der Waals surface area contributed by atoms with Gasteiger partial charge in [-0.1, -0.05) is 36.4 Å². The highest BCUT2D eigenvalue weighted by Gasteiger charge is 2.32. The molecule has 0 bridgehead atoms. The van der Waals surface area contributed by atoms with Crippen molar-refractivity contribution < 1.29 is 27.5 Å². The Morgan fingerprint density at radius 1 is 0.950 bits per heavy atom. The van der Waals surface area contributed by atoms with Crippen LogP contribution < -0.4 is 15.4 Å². The van der Waals surface area contributed by atoms with E-state index in [2.05, 4.69) is 25.5 Å². The van der Waals surface area contributed by atoms with Crippen LogP contribution >= 0.6 is 0 Å². The molecular weight excluding hydrogens is 523 g/mol. The van der Waals surface area contributed by atoms with Gasteiger partial charge in [-0.05, 0) is 29.1 Å². The van der Waals surface area contributed by atoms with Gasteiger partial charge in [0.2, 0.25) is 5.88 Å². The Balaban J connectivity index is 1.35. The molecule has 0 unspecified atom stereocenters. The summed E-state index contributed by atoms with van der Waals surface area (Å²) >= 11 is 0. The Labute approximate surface area is 228 Å². The van der Waals surface area contributed by atoms with Gasteiger partial charge in [0.25, 0.3) is 0 Å². The number of aromatic nitrogens is 2. The number of fused-ring (bicyclic) bond motifs is 1. The number of methoxy groups -OCH3 is 1. The van der Waals surface area contributed by atoms with Crippen molar-refractivity contribution >= 4 is 34.0 Å². The van der Waals surface area contributed by atoms with E-state index >= 15 is 0 Å². The molecule has 11 heteroatoms. The van der Waals surface area contributed by atoms with Crippen molar-refractivity contribution in [1.82, 2.24) is 14.9 Å². The lowest BCUT2D eigenvalue weighted by atomic mass is 9.98. The molecule has 8 nitrogen and oxygen atoms in total. The first-order valence-electron chi connectivity index (χ1n) is 12.6. The number of ketones is 1. The second kappa shape index (κ2) is 11.3. The van der Waals surface area contributed by atoms with Crippen LogP contribution in [0.3, 0.4) is 0 Å². The smallest absolute Gasteiger partial charge is 0.417 e. The molecule has 40 heavy (non-hydrogen) atoms. The van der Waals surface area contributed by atoms with Crippen molar-refractivity contribution in [3.8, 4) is 17.0 Å². The number of alkyl halides is 3. The van der Waals surface area contributed by atoms with Crippen LogP contribution in [-0.2, 0) is 17.5 Å².